The molecule has 0 aromatic carbocycles. The van der Waals surface area contributed by atoms with Crippen LogP contribution in [0.5, 0.6) is 0 Å². The Kier molecular flexibility index (Phi) is 7.71. The molecule has 4 nitrogen and oxygen atoms in total. The molecule has 21 heavy (non-hydrogen) atoms. The summed E-state index contributed by atoms with van der Waals surface area (Å²) in [5.74, 6) is 2.27. The van der Waals surface area contributed by atoms with E-state index in [9.17, 15) is 13.2 Å². The fourth-order valence-corrected chi connectivity index (χ4v) is 8.29. The predicted molar refractivity (Wildman–Crippen MR) is 91.8 cm³/mol. The van der Waals surface area contributed by atoms with Crippen molar-refractivity contribution in [3.05, 3.63) is 0 Å². The van der Waals surface area contributed by atoms with Crippen LogP contribution in [0.15, 0.2) is 0 Å². The molecule has 0 spiro atoms. The Hall–Kier alpha value is -0.0700. The fourth-order valence-electron chi connectivity index (χ4n) is 2.78. The summed E-state index contributed by atoms with van der Waals surface area (Å²) in [6.45, 7) is 5.91. The molecule has 0 heterocycles. The second kappa shape index (κ2) is 8.53. The van der Waals surface area contributed by atoms with Gasteiger partial charge >= 0.3 is 10.1 Å². The van der Waals surface area contributed by atoms with Crippen molar-refractivity contribution in [1.82, 2.24) is 0 Å². The third-order valence-corrected chi connectivity index (χ3v) is 10.3. The van der Waals surface area contributed by atoms with Crippen molar-refractivity contribution in [3.63, 3.8) is 0 Å². The van der Waals surface area contributed by atoms with Gasteiger partial charge in [-0.3, -0.25) is 8.42 Å². The zero-order chi connectivity index (χ0) is 15.9. The van der Waals surface area contributed by atoms with E-state index in [4.69, 9.17) is 0 Å². The molecule has 1 N–H and O–H groups in total. The van der Waals surface area contributed by atoms with Crippen LogP contribution >= 0.6 is 10.3 Å². The standard InChI is InChI=1S/C15H30O4S2/c1-4-7-12-21(17,18)19-20(5-2,6-3)13-15(16)14-10-8-9-11-14/h14H,4-13H2,1-3H3/p+1. The lowest BCUT2D eigenvalue weighted by Crippen LogP contribution is -2.29. The van der Waals surface area contributed by atoms with Gasteiger partial charge in [0.1, 0.15) is 5.75 Å². The summed E-state index contributed by atoms with van der Waals surface area (Å²) in [6, 6.07) is 0. The number of ketones is 1. The Bertz CT molecular complexity index is 421. The maximum absolute atomic E-state index is 12.4. The number of hydrogen-bond donors (Lipinski definition) is 0. The van der Waals surface area contributed by atoms with Gasteiger partial charge < -0.3 is 0 Å². The third kappa shape index (κ3) is 5.91. The lowest BCUT2D eigenvalue weighted by atomic mass is 10.0. The summed E-state index contributed by atoms with van der Waals surface area (Å²) in [6.07, 6.45) is 5.70. The predicted octanol–water partition coefficient (Wildman–Crippen LogP) is 3.73. The van der Waals surface area contributed by atoms with Crippen LogP contribution in [0.25, 0.3) is 0 Å². The van der Waals surface area contributed by atoms with Gasteiger partial charge in [-0.2, -0.15) is 8.42 Å². The summed E-state index contributed by atoms with van der Waals surface area (Å²) in [5, 5.41) is 0. The van der Waals surface area contributed by atoms with Crippen LogP contribution in [0.4, 0.5) is 0 Å². The van der Waals surface area contributed by atoms with E-state index < -0.39 is 20.4 Å². The average molecular weight is 340 g/mol. The van der Waals surface area contributed by atoms with Gasteiger partial charge in [0.05, 0.1) is 5.75 Å². The van der Waals surface area contributed by atoms with Crippen molar-refractivity contribution in [1.29, 1.82) is 0 Å². The number of rotatable bonds is 10. The molecule has 1 saturated carbocycles. The summed E-state index contributed by atoms with van der Waals surface area (Å²) in [4.78, 5) is 12.4. The van der Waals surface area contributed by atoms with Gasteiger partial charge in [0.2, 0.25) is 0 Å². The molecule has 1 aliphatic carbocycles. The second-order valence-electron chi connectivity index (χ2n) is 5.88. The normalized spacial score (nSPS) is 18.0. The van der Waals surface area contributed by atoms with E-state index >= 15 is 0 Å². The molecule has 126 valence electrons. The van der Waals surface area contributed by atoms with Gasteiger partial charge in [-0.15, -0.1) is 0 Å². The van der Waals surface area contributed by atoms with E-state index in [0.29, 0.717) is 23.7 Å². The Morgan fingerprint density at radius 2 is 1.67 bits per heavy atom. The molecule has 0 amide bonds. The molecular weight excluding hydrogens is 308 g/mol. The number of carbonyl (C=O) groups excluding carboxylic acids is 1. The van der Waals surface area contributed by atoms with Crippen molar-refractivity contribution >= 4 is 26.2 Å². The molecule has 1 fully saturated rings. The van der Waals surface area contributed by atoms with Crippen molar-refractivity contribution in [2.24, 2.45) is 5.92 Å². The molecule has 0 aromatic heterocycles. The number of carbonyl (C=O) groups is 1. The zero-order valence-corrected chi connectivity index (χ0v) is 15.3. The van der Waals surface area contributed by atoms with Gasteiger partial charge in [0.25, 0.3) is 0 Å². The quantitative estimate of drug-likeness (QED) is 0.450. The highest BCUT2D eigenvalue weighted by Gasteiger charge is 2.37. The van der Waals surface area contributed by atoms with Gasteiger partial charge in [0, 0.05) is 17.4 Å². The smallest absolute Gasteiger partial charge is 0.298 e. The first kappa shape index (κ1) is 19.0. The van der Waals surface area contributed by atoms with Crippen LogP contribution in [0.1, 0.15) is 59.3 Å². The molecule has 1 rings (SSSR count). The van der Waals surface area contributed by atoms with Crippen LogP contribution in [0, 0.1) is 5.92 Å². The number of Topliss-reactive ketones (excluding diaryl/α,β-unsaturated/α-hetero) is 1. The summed E-state index contributed by atoms with van der Waals surface area (Å²) < 4.78 is 28.6. The molecular formula is C15H31O4S2+. The highest BCUT2D eigenvalue weighted by Crippen LogP contribution is 2.48. The summed E-state index contributed by atoms with van der Waals surface area (Å²) >= 11 is 0. The van der Waals surface area contributed by atoms with E-state index in [2.05, 4.69) is 3.63 Å². The molecule has 0 radical (unpaired) electrons. The summed E-state index contributed by atoms with van der Waals surface area (Å²) in [7, 11) is -5.09. The minimum absolute atomic E-state index is 0.121. The van der Waals surface area contributed by atoms with Gasteiger partial charge in [-0.05, 0) is 29.6 Å². The van der Waals surface area contributed by atoms with Crippen molar-refractivity contribution in [2.45, 2.75) is 59.3 Å². The molecule has 0 saturated heterocycles. The molecule has 1 aliphatic rings. The maximum atomic E-state index is 12.4. The Morgan fingerprint density at radius 3 is 2.14 bits per heavy atom. The SMILES string of the molecule is CCCCS(=O)(=O)[OH+]S(CC)(CC)CC(=O)C1CCCC1. The highest BCUT2D eigenvalue weighted by atomic mass is 32.3. The first-order chi connectivity index (χ1) is 9.88. The Morgan fingerprint density at radius 1 is 1.10 bits per heavy atom. The van der Waals surface area contributed by atoms with Crippen molar-refractivity contribution in [3.8, 4) is 0 Å². The average Bonchev–Trinajstić information content (AvgIpc) is 2.98. The summed E-state index contributed by atoms with van der Waals surface area (Å²) in [5.41, 5.74) is 0. The van der Waals surface area contributed by atoms with Crippen LogP contribution < -0.4 is 0 Å². The van der Waals surface area contributed by atoms with Gasteiger partial charge in [-0.1, -0.05) is 40.0 Å². The van der Waals surface area contributed by atoms with Crippen molar-refractivity contribution < 1.29 is 16.8 Å². The zero-order valence-electron chi connectivity index (χ0n) is 13.6. The molecule has 0 aromatic rings. The first-order valence-corrected chi connectivity index (χ1v) is 11.8. The Labute approximate surface area is 131 Å². The molecule has 0 atom stereocenters. The lowest BCUT2D eigenvalue weighted by molar-refractivity contribution is -0.120. The van der Waals surface area contributed by atoms with E-state index in [1.54, 1.807) is 0 Å². The molecule has 0 bridgehead atoms. The largest absolute Gasteiger partial charge is 0.390 e. The lowest BCUT2D eigenvalue weighted by Gasteiger charge is -2.32. The first-order valence-electron chi connectivity index (χ1n) is 8.14. The molecule has 0 aliphatic heterocycles. The van der Waals surface area contributed by atoms with Crippen LogP contribution in [0.3, 0.4) is 0 Å². The fraction of sp³-hybridized carbons (Fsp3) is 0.933. The molecule has 0 unspecified atom stereocenters. The van der Waals surface area contributed by atoms with Crippen LogP contribution in [-0.2, 0) is 14.9 Å². The maximum Gasteiger partial charge on any atom is 0.390 e. The Balaban J connectivity index is 2.74. The van der Waals surface area contributed by atoms with Gasteiger partial charge in [-0.25, -0.2) is 0 Å². The number of unbranched alkanes of at least 4 members (excludes halogenated alkanes) is 1. The monoisotopic (exact) mass is 339 g/mol. The third-order valence-electron chi connectivity index (χ3n) is 4.32. The topological polar surface area (TPSA) is 64.0 Å². The molecule has 6 heteroatoms. The van der Waals surface area contributed by atoms with E-state index in [1.807, 2.05) is 20.8 Å². The second-order valence-corrected chi connectivity index (χ2v) is 11.5. The van der Waals surface area contributed by atoms with E-state index in [1.165, 1.54) is 0 Å². The van der Waals surface area contributed by atoms with Crippen LogP contribution in [-0.4, -0.2) is 40.8 Å². The highest BCUT2D eigenvalue weighted by molar-refractivity contribution is 8.32. The minimum atomic E-state index is -3.38. The number of hydrogen-bond acceptors (Lipinski definition) is 3. The van der Waals surface area contributed by atoms with Gasteiger partial charge in [0.15, 0.2) is 5.78 Å². The van der Waals surface area contributed by atoms with E-state index in [0.717, 1.165) is 32.1 Å². The van der Waals surface area contributed by atoms with E-state index in [-0.39, 0.29) is 17.5 Å². The minimum Gasteiger partial charge on any atom is -0.298 e. The van der Waals surface area contributed by atoms with Crippen LogP contribution in [0.2, 0.25) is 0 Å². The van der Waals surface area contributed by atoms with Crippen molar-refractivity contribution in [2.75, 3.05) is 23.0 Å².